The number of amides is 1. The Bertz CT molecular complexity index is 941. The molecule has 0 aliphatic carbocycles. The van der Waals surface area contributed by atoms with E-state index in [2.05, 4.69) is 33.1 Å². The van der Waals surface area contributed by atoms with E-state index in [9.17, 15) is 9.90 Å². The fraction of sp³-hybridized carbons (Fsp3) is 0.0476. The minimum Gasteiger partial charge on any atom is -0.507 e. The van der Waals surface area contributed by atoms with E-state index in [1.165, 1.54) is 6.21 Å². The molecule has 0 unspecified atom stereocenters. The van der Waals surface area contributed by atoms with Crippen molar-refractivity contribution in [2.24, 2.45) is 5.10 Å². The second-order valence-electron chi connectivity index (χ2n) is 5.68. The van der Waals surface area contributed by atoms with Crippen molar-refractivity contribution in [1.29, 1.82) is 0 Å². The van der Waals surface area contributed by atoms with Gasteiger partial charge in [-0.25, -0.2) is 5.43 Å². The molecule has 136 valence electrons. The van der Waals surface area contributed by atoms with Gasteiger partial charge in [0.25, 0.3) is 5.91 Å². The molecular formula is C21H17IN2O3. The predicted octanol–water partition coefficient (Wildman–Crippen LogP) is 4.19. The molecule has 0 aromatic heterocycles. The number of carbonyl (C=O) groups is 1. The van der Waals surface area contributed by atoms with E-state index in [0.717, 1.165) is 14.7 Å². The van der Waals surface area contributed by atoms with Gasteiger partial charge in [-0.1, -0.05) is 42.5 Å². The molecule has 5 nitrogen and oxygen atoms in total. The molecule has 0 aliphatic rings. The van der Waals surface area contributed by atoms with Crippen LogP contribution in [0.2, 0.25) is 0 Å². The lowest BCUT2D eigenvalue weighted by Gasteiger charge is -2.07. The van der Waals surface area contributed by atoms with Gasteiger partial charge < -0.3 is 9.84 Å². The molecule has 0 bridgehead atoms. The number of hydrazone groups is 1. The average molecular weight is 472 g/mol. The number of phenols is 1. The number of ether oxygens (including phenoxy) is 1. The third kappa shape index (κ3) is 5.55. The quantitative estimate of drug-likeness (QED) is 0.321. The summed E-state index contributed by atoms with van der Waals surface area (Å²) >= 11 is 2.13. The highest BCUT2D eigenvalue weighted by molar-refractivity contribution is 14.1. The summed E-state index contributed by atoms with van der Waals surface area (Å²) < 4.78 is 6.43. The summed E-state index contributed by atoms with van der Waals surface area (Å²) in [6.07, 6.45) is 1.39. The third-order valence-corrected chi connectivity index (χ3v) is 4.38. The molecule has 0 spiro atoms. The zero-order chi connectivity index (χ0) is 19.1. The van der Waals surface area contributed by atoms with E-state index in [-0.39, 0.29) is 18.3 Å². The lowest BCUT2D eigenvalue weighted by molar-refractivity contribution is -0.123. The van der Waals surface area contributed by atoms with Crippen molar-refractivity contribution in [2.75, 3.05) is 6.61 Å². The Morgan fingerprint density at radius 2 is 1.74 bits per heavy atom. The average Bonchev–Trinajstić information content (AvgIpc) is 2.70. The van der Waals surface area contributed by atoms with E-state index in [0.29, 0.717) is 11.3 Å². The lowest BCUT2D eigenvalue weighted by Crippen LogP contribution is -2.24. The molecular weight excluding hydrogens is 455 g/mol. The molecule has 2 N–H and O–H groups in total. The van der Waals surface area contributed by atoms with Gasteiger partial charge in [0.2, 0.25) is 0 Å². The zero-order valence-corrected chi connectivity index (χ0v) is 16.5. The first kappa shape index (κ1) is 18.9. The molecule has 0 saturated heterocycles. The minimum atomic E-state index is -0.386. The van der Waals surface area contributed by atoms with Gasteiger partial charge in [0, 0.05) is 9.13 Å². The maximum atomic E-state index is 11.8. The molecule has 3 aromatic rings. The first-order chi connectivity index (χ1) is 13.1. The van der Waals surface area contributed by atoms with E-state index >= 15 is 0 Å². The summed E-state index contributed by atoms with van der Waals surface area (Å²) in [6, 6.07) is 22.7. The molecule has 0 aliphatic heterocycles. The van der Waals surface area contributed by atoms with Crippen molar-refractivity contribution >= 4 is 34.7 Å². The van der Waals surface area contributed by atoms with Gasteiger partial charge >= 0.3 is 0 Å². The van der Waals surface area contributed by atoms with Crippen LogP contribution in [0.25, 0.3) is 11.1 Å². The molecule has 0 saturated carbocycles. The van der Waals surface area contributed by atoms with Crippen LogP contribution < -0.4 is 10.2 Å². The van der Waals surface area contributed by atoms with Gasteiger partial charge in [0.05, 0.1) is 6.21 Å². The zero-order valence-electron chi connectivity index (χ0n) is 14.3. The summed E-state index contributed by atoms with van der Waals surface area (Å²) in [7, 11) is 0. The van der Waals surface area contributed by atoms with Gasteiger partial charge in [-0.2, -0.15) is 5.10 Å². The smallest absolute Gasteiger partial charge is 0.277 e. The van der Waals surface area contributed by atoms with Crippen molar-refractivity contribution < 1.29 is 14.6 Å². The highest BCUT2D eigenvalue weighted by atomic mass is 127. The fourth-order valence-electron chi connectivity index (χ4n) is 2.36. The Kier molecular flexibility index (Phi) is 6.43. The second kappa shape index (κ2) is 9.18. The van der Waals surface area contributed by atoms with Crippen molar-refractivity contribution in [3.63, 3.8) is 0 Å². The molecule has 27 heavy (non-hydrogen) atoms. The van der Waals surface area contributed by atoms with E-state index in [1.807, 2.05) is 54.6 Å². The Labute approximate surface area is 170 Å². The number of hydrogen-bond donors (Lipinski definition) is 2. The van der Waals surface area contributed by atoms with Crippen LogP contribution in [0, 0.1) is 3.57 Å². The Morgan fingerprint density at radius 3 is 2.48 bits per heavy atom. The largest absolute Gasteiger partial charge is 0.507 e. The van der Waals surface area contributed by atoms with E-state index in [1.54, 1.807) is 18.2 Å². The predicted molar refractivity (Wildman–Crippen MR) is 114 cm³/mol. The Hall–Kier alpha value is -2.87. The maximum Gasteiger partial charge on any atom is 0.277 e. The number of rotatable bonds is 6. The van der Waals surface area contributed by atoms with Crippen LogP contribution in [0.4, 0.5) is 0 Å². The van der Waals surface area contributed by atoms with Crippen molar-refractivity contribution in [2.45, 2.75) is 0 Å². The number of phenolic OH excluding ortho intramolecular Hbond substituents is 1. The number of nitrogens with zero attached hydrogens (tertiary/aromatic N) is 1. The normalized spacial score (nSPS) is 10.7. The second-order valence-corrected chi connectivity index (χ2v) is 6.92. The number of halogens is 1. The van der Waals surface area contributed by atoms with Crippen LogP contribution in [0.3, 0.4) is 0 Å². The molecule has 0 fully saturated rings. The van der Waals surface area contributed by atoms with Crippen LogP contribution in [-0.2, 0) is 4.79 Å². The monoisotopic (exact) mass is 472 g/mol. The van der Waals surface area contributed by atoms with Crippen LogP contribution in [0.5, 0.6) is 11.5 Å². The number of hydrogen-bond acceptors (Lipinski definition) is 4. The van der Waals surface area contributed by atoms with Crippen LogP contribution >= 0.6 is 22.6 Å². The molecule has 3 aromatic carbocycles. The Balaban J connectivity index is 1.50. The van der Waals surface area contributed by atoms with Crippen LogP contribution in [0.15, 0.2) is 77.9 Å². The van der Waals surface area contributed by atoms with Gasteiger partial charge in [0.15, 0.2) is 6.61 Å². The Morgan fingerprint density at radius 1 is 1.04 bits per heavy atom. The lowest BCUT2D eigenvalue weighted by atomic mass is 10.1. The van der Waals surface area contributed by atoms with Crippen LogP contribution in [0.1, 0.15) is 5.56 Å². The fourth-order valence-corrected chi connectivity index (χ4v) is 2.87. The summed E-state index contributed by atoms with van der Waals surface area (Å²) in [5, 5.41) is 13.6. The minimum absolute atomic E-state index is 0.100. The van der Waals surface area contributed by atoms with Gasteiger partial charge in [0.1, 0.15) is 11.5 Å². The van der Waals surface area contributed by atoms with Crippen molar-refractivity contribution in [1.82, 2.24) is 5.43 Å². The maximum absolute atomic E-state index is 11.8. The summed E-state index contributed by atoms with van der Waals surface area (Å²) in [5.41, 5.74) is 5.10. The SMILES string of the molecule is O=C(COc1ccc(-c2ccccc2)cc1)N/N=C\c1cc(I)ccc1O. The van der Waals surface area contributed by atoms with Gasteiger partial charge in [-0.15, -0.1) is 0 Å². The first-order valence-electron chi connectivity index (χ1n) is 8.20. The van der Waals surface area contributed by atoms with Gasteiger partial charge in [-0.3, -0.25) is 4.79 Å². The first-order valence-corrected chi connectivity index (χ1v) is 9.28. The number of nitrogens with one attached hydrogen (secondary N) is 1. The topological polar surface area (TPSA) is 70.9 Å². The number of benzene rings is 3. The molecule has 6 heteroatoms. The molecule has 3 rings (SSSR count). The standard InChI is InChI=1S/C21H17IN2O3/c22-18-8-11-20(25)17(12-18)13-23-24-21(26)14-27-19-9-6-16(7-10-19)15-4-2-1-3-5-15/h1-13,25H,14H2,(H,24,26)/b23-13-. The number of carbonyl (C=O) groups excluding carboxylic acids is 1. The van der Waals surface area contributed by atoms with E-state index in [4.69, 9.17) is 4.74 Å². The van der Waals surface area contributed by atoms with E-state index < -0.39 is 0 Å². The van der Waals surface area contributed by atoms with Crippen molar-refractivity contribution in [3.8, 4) is 22.6 Å². The van der Waals surface area contributed by atoms with Crippen molar-refractivity contribution in [3.05, 3.63) is 81.9 Å². The molecule has 0 radical (unpaired) electrons. The molecule has 1 amide bonds. The third-order valence-electron chi connectivity index (χ3n) is 3.71. The summed E-state index contributed by atoms with van der Waals surface area (Å²) in [4.78, 5) is 11.8. The highest BCUT2D eigenvalue weighted by Gasteiger charge is 2.03. The van der Waals surface area contributed by atoms with Gasteiger partial charge in [-0.05, 0) is 64.0 Å². The number of aromatic hydroxyl groups is 1. The summed E-state index contributed by atoms with van der Waals surface area (Å²) in [6.45, 7) is -0.152. The highest BCUT2D eigenvalue weighted by Crippen LogP contribution is 2.22. The summed E-state index contributed by atoms with van der Waals surface area (Å²) in [5.74, 6) is 0.316. The van der Waals surface area contributed by atoms with Crippen LogP contribution in [-0.4, -0.2) is 23.8 Å². The molecule has 0 heterocycles. The molecule has 0 atom stereocenters.